The van der Waals surface area contributed by atoms with E-state index in [4.69, 9.17) is 16.6 Å². The van der Waals surface area contributed by atoms with Crippen molar-refractivity contribution in [2.75, 3.05) is 35.2 Å². The molecule has 0 amide bonds. The van der Waals surface area contributed by atoms with E-state index in [1.807, 2.05) is 19.2 Å². The van der Waals surface area contributed by atoms with E-state index in [2.05, 4.69) is 47.9 Å². The summed E-state index contributed by atoms with van der Waals surface area (Å²) >= 11 is 6.48. The third-order valence-electron chi connectivity index (χ3n) is 5.73. The highest BCUT2D eigenvalue weighted by molar-refractivity contribution is 6.32. The van der Waals surface area contributed by atoms with Crippen LogP contribution in [0.15, 0.2) is 18.5 Å². The van der Waals surface area contributed by atoms with Gasteiger partial charge < -0.3 is 20.9 Å². The van der Waals surface area contributed by atoms with Crippen LogP contribution in [0.2, 0.25) is 5.02 Å². The lowest BCUT2D eigenvalue weighted by molar-refractivity contribution is 0.484. The first-order valence-corrected chi connectivity index (χ1v) is 11.3. The van der Waals surface area contributed by atoms with E-state index in [9.17, 15) is 0 Å². The molecule has 0 radical (unpaired) electrons. The Labute approximate surface area is 216 Å². The van der Waals surface area contributed by atoms with Gasteiger partial charge in [-0.2, -0.15) is 14.9 Å². The van der Waals surface area contributed by atoms with E-state index in [1.165, 1.54) is 17.6 Å². The molecule has 10 nitrogen and oxygen atoms in total. The molecule has 0 aromatic carbocycles. The van der Waals surface area contributed by atoms with Crippen LogP contribution in [-0.4, -0.2) is 55.6 Å². The summed E-state index contributed by atoms with van der Waals surface area (Å²) in [6.45, 7) is 6.75. The number of halogens is 3. The summed E-state index contributed by atoms with van der Waals surface area (Å²) in [5.74, 6) is 2.97. The van der Waals surface area contributed by atoms with Crippen LogP contribution in [0.3, 0.4) is 0 Å². The van der Waals surface area contributed by atoms with E-state index in [0.717, 1.165) is 41.6 Å². The van der Waals surface area contributed by atoms with Crippen LogP contribution in [0, 0.1) is 6.92 Å². The van der Waals surface area contributed by atoms with Gasteiger partial charge >= 0.3 is 0 Å². The summed E-state index contributed by atoms with van der Waals surface area (Å²) in [6.07, 6.45) is 5.86. The van der Waals surface area contributed by atoms with Crippen LogP contribution in [0.1, 0.15) is 36.9 Å². The fourth-order valence-corrected chi connectivity index (χ4v) is 4.24. The first kappa shape index (κ1) is 26.2. The maximum Gasteiger partial charge on any atom is 0.230 e. The molecule has 3 aromatic heterocycles. The second-order valence-corrected chi connectivity index (χ2v) is 8.85. The number of aryl methyl sites for hydroxylation is 2. The minimum atomic E-state index is 0. The zero-order chi connectivity index (χ0) is 22.2. The highest BCUT2D eigenvalue weighted by atomic mass is 35.5. The highest BCUT2D eigenvalue weighted by Crippen LogP contribution is 2.44. The SMILES string of the molecule is Cc1nc(Nc2ncc(N3CCN[C@H](C)C3)c(Nc3cnn(C)n3)n2)cc(C2CC2)c1Cl.Cl.Cl. The number of pyridine rings is 1. The smallest absolute Gasteiger partial charge is 0.230 e. The molecule has 184 valence electrons. The van der Waals surface area contributed by atoms with Gasteiger partial charge in [0.25, 0.3) is 0 Å². The van der Waals surface area contributed by atoms with Gasteiger partial charge in [-0.25, -0.2) is 9.97 Å². The van der Waals surface area contributed by atoms with Crippen molar-refractivity contribution in [3.8, 4) is 0 Å². The van der Waals surface area contributed by atoms with E-state index >= 15 is 0 Å². The molecule has 0 unspecified atom stereocenters. The molecule has 1 atom stereocenters. The Morgan fingerprint density at radius 3 is 2.59 bits per heavy atom. The number of piperazine rings is 1. The maximum atomic E-state index is 6.48. The third-order valence-corrected chi connectivity index (χ3v) is 6.23. The summed E-state index contributed by atoms with van der Waals surface area (Å²) in [4.78, 5) is 17.7. The lowest BCUT2D eigenvalue weighted by Crippen LogP contribution is -2.49. The van der Waals surface area contributed by atoms with Gasteiger partial charge in [-0.15, -0.1) is 29.9 Å². The number of nitrogens with one attached hydrogen (secondary N) is 3. The fraction of sp³-hybridized carbons (Fsp3) is 0.476. The first-order chi connectivity index (χ1) is 15.5. The van der Waals surface area contributed by atoms with Crippen LogP contribution >= 0.6 is 36.4 Å². The second kappa shape index (κ2) is 10.9. The monoisotopic (exact) mass is 526 g/mol. The number of rotatable bonds is 6. The summed E-state index contributed by atoms with van der Waals surface area (Å²) in [5.41, 5.74) is 2.88. The molecule has 13 heteroatoms. The van der Waals surface area contributed by atoms with Crippen molar-refractivity contribution in [3.63, 3.8) is 0 Å². The van der Waals surface area contributed by atoms with E-state index in [0.29, 0.717) is 35.4 Å². The summed E-state index contributed by atoms with van der Waals surface area (Å²) < 4.78 is 0. The van der Waals surface area contributed by atoms with Crippen LogP contribution in [-0.2, 0) is 7.05 Å². The Morgan fingerprint density at radius 1 is 1.12 bits per heavy atom. The molecule has 1 saturated carbocycles. The van der Waals surface area contributed by atoms with Gasteiger partial charge in [-0.3, -0.25) is 0 Å². The van der Waals surface area contributed by atoms with Crippen molar-refractivity contribution in [2.24, 2.45) is 7.05 Å². The standard InChI is InChI=1S/C21H27ClN10.2ClH/c1-12-11-32(7-6-23-12)16-9-24-21(29-20(16)27-18-10-25-31(3)30-18)28-17-8-15(14-4-5-14)19(22)13(2)26-17;;/h8-10,12,14,23H,4-7,11H2,1-3H3,(H2,24,26,27,28,29,30);2*1H/t12-;;/m1../s1. The van der Waals surface area contributed by atoms with Gasteiger partial charge in [0, 0.05) is 32.7 Å². The molecular formula is C21H29Cl3N10. The van der Waals surface area contributed by atoms with Crippen molar-refractivity contribution in [3.05, 3.63) is 34.7 Å². The van der Waals surface area contributed by atoms with Crippen LogP contribution in [0.4, 0.5) is 29.1 Å². The topological polar surface area (TPSA) is 109 Å². The minimum Gasteiger partial charge on any atom is -0.364 e. The molecule has 3 aromatic rings. The minimum absolute atomic E-state index is 0. The second-order valence-electron chi connectivity index (χ2n) is 8.47. The van der Waals surface area contributed by atoms with Crippen LogP contribution < -0.4 is 20.9 Å². The van der Waals surface area contributed by atoms with Crippen molar-refractivity contribution in [2.45, 2.75) is 38.6 Å². The van der Waals surface area contributed by atoms with Crippen LogP contribution in [0.5, 0.6) is 0 Å². The number of hydrogen-bond acceptors (Lipinski definition) is 9. The molecule has 1 aliphatic heterocycles. The molecule has 3 N–H and O–H groups in total. The Hall–Kier alpha value is -2.40. The number of aromatic nitrogens is 6. The van der Waals surface area contributed by atoms with Gasteiger partial charge in [0.05, 0.1) is 28.8 Å². The normalized spacial score (nSPS) is 17.5. The molecule has 0 spiro atoms. The summed E-state index contributed by atoms with van der Waals surface area (Å²) in [7, 11) is 1.78. The van der Waals surface area contributed by atoms with Gasteiger partial charge in [-0.1, -0.05) is 11.6 Å². The van der Waals surface area contributed by atoms with Gasteiger partial charge in [0.15, 0.2) is 11.6 Å². The summed E-state index contributed by atoms with van der Waals surface area (Å²) in [5, 5.41) is 19.3. The predicted molar refractivity (Wildman–Crippen MR) is 140 cm³/mol. The third kappa shape index (κ3) is 5.80. The van der Waals surface area contributed by atoms with Gasteiger partial charge in [0.2, 0.25) is 5.95 Å². The fourth-order valence-electron chi connectivity index (χ4n) is 3.99. The van der Waals surface area contributed by atoms with E-state index in [1.54, 1.807) is 13.2 Å². The molecule has 1 saturated heterocycles. The van der Waals surface area contributed by atoms with Crippen LogP contribution in [0.25, 0.3) is 0 Å². The average Bonchev–Trinajstić information content (AvgIpc) is 3.52. The largest absolute Gasteiger partial charge is 0.364 e. The van der Waals surface area contributed by atoms with E-state index in [-0.39, 0.29) is 24.8 Å². The predicted octanol–water partition coefficient (Wildman–Crippen LogP) is 3.97. The zero-order valence-corrected chi connectivity index (χ0v) is 21.6. The number of anilines is 5. The number of hydrogen-bond donors (Lipinski definition) is 3. The van der Waals surface area contributed by atoms with E-state index < -0.39 is 0 Å². The quantitative estimate of drug-likeness (QED) is 0.439. The maximum absolute atomic E-state index is 6.48. The number of nitrogens with zero attached hydrogens (tertiary/aromatic N) is 7. The Kier molecular flexibility index (Phi) is 8.40. The molecule has 2 aliphatic rings. The molecule has 0 bridgehead atoms. The Balaban J connectivity index is 0.00000162. The van der Waals surface area contributed by atoms with Crippen molar-refractivity contribution in [1.82, 2.24) is 35.3 Å². The molecular weight excluding hydrogens is 499 g/mol. The van der Waals surface area contributed by atoms with Gasteiger partial charge in [-0.05, 0) is 44.2 Å². The molecule has 4 heterocycles. The lowest BCUT2D eigenvalue weighted by Gasteiger charge is -2.34. The molecule has 34 heavy (non-hydrogen) atoms. The Bertz CT molecular complexity index is 1130. The molecule has 1 aliphatic carbocycles. The Morgan fingerprint density at radius 2 is 1.91 bits per heavy atom. The van der Waals surface area contributed by atoms with Gasteiger partial charge in [0.1, 0.15) is 5.82 Å². The molecule has 5 rings (SSSR count). The first-order valence-electron chi connectivity index (χ1n) is 10.9. The highest BCUT2D eigenvalue weighted by Gasteiger charge is 2.27. The lowest BCUT2D eigenvalue weighted by atomic mass is 10.1. The summed E-state index contributed by atoms with van der Waals surface area (Å²) in [6, 6.07) is 2.39. The van der Waals surface area contributed by atoms with Crippen molar-refractivity contribution in [1.29, 1.82) is 0 Å². The zero-order valence-electron chi connectivity index (χ0n) is 19.2. The van der Waals surface area contributed by atoms with Crippen molar-refractivity contribution >= 4 is 65.5 Å². The van der Waals surface area contributed by atoms with Crippen molar-refractivity contribution < 1.29 is 0 Å². The molecule has 2 fully saturated rings. The average molecular weight is 528 g/mol.